The number of amidine groups is 1. The topological polar surface area (TPSA) is 109 Å². The van der Waals surface area contributed by atoms with Gasteiger partial charge in [0.05, 0.1) is 11.3 Å². The Hall–Kier alpha value is -2.86. The average Bonchev–Trinajstić information content (AvgIpc) is 3.21. The highest BCUT2D eigenvalue weighted by Gasteiger charge is 2.19. The van der Waals surface area contributed by atoms with E-state index in [1.165, 1.54) is 19.2 Å². The second-order valence-corrected chi connectivity index (χ2v) is 7.74. The monoisotopic (exact) mass is 537 g/mol. The van der Waals surface area contributed by atoms with Gasteiger partial charge in [-0.05, 0) is 35.2 Å². The molecule has 0 unspecified atom stereocenters. The Bertz CT molecular complexity index is 1110. The lowest BCUT2D eigenvalue weighted by molar-refractivity contribution is 0.102. The van der Waals surface area contributed by atoms with Crippen LogP contribution >= 0.6 is 33.9 Å². The summed E-state index contributed by atoms with van der Waals surface area (Å²) >= 11 is 3.38. The second-order valence-electron chi connectivity index (χ2n) is 6.06. The van der Waals surface area contributed by atoms with Gasteiger partial charge in [-0.2, -0.15) is 0 Å². The zero-order chi connectivity index (χ0) is 21.7. The van der Waals surface area contributed by atoms with Crippen molar-refractivity contribution in [1.82, 2.24) is 4.98 Å². The zero-order valence-electron chi connectivity index (χ0n) is 15.8. The van der Waals surface area contributed by atoms with Crippen LogP contribution in [0.5, 0.6) is 0 Å². The van der Waals surface area contributed by atoms with E-state index in [9.17, 15) is 14.0 Å². The molecule has 0 aliphatic heterocycles. The molecule has 0 fully saturated rings. The first kappa shape index (κ1) is 21.8. The SMILES string of the molecule is CN=C(N)c1ccc(C(=O)Nc2ccsc2C(=O)Nc2ccc(CI)cn2)c(F)c1. The molecule has 0 aliphatic carbocycles. The third kappa shape index (κ3) is 5.00. The van der Waals surface area contributed by atoms with Gasteiger partial charge >= 0.3 is 0 Å². The Kier molecular flexibility index (Phi) is 7.11. The van der Waals surface area contributed by atoms with Crippen LogP contribution in [0.1, 0.15) is 31.2 Å². The molecular formula is C20H17FIN5O2S. The molecular weight excluding hydrogens is 520 g/mol. The summed E-state index contributed by atoms with van der Waals surface area (Å²) in [5, 5.41) is 6.94. The molecule has 2 aromatic heterocycles. The van der Waals surface area contributed by atoms with E-state index in [4.69, 9.17) is 5.73 Å². The summed E-state index contributed by atoms with van der Waals surface area (Å²) in [6, 6.07) is 9.13. The molecule has 3 aromatic rings. The van der Waals surface area contributed by atoms with E-state index in [2.05, 4.69) is 43.2 Å². The molecule has 7 nitrogen and oxygen atoms in total. The van der Waals surface area contributed by atoms with Gasteiger partial charge in [-0.15, -0.1) is 11.3 Å². The molecule has 2 amide bonds. The van der Waals surface area contributed by atoms with Crippen molar-refractivity contribution in [2.75, 3.05) is 17.7 Å². The van der Waals surface area contributed by atoms with Crippen molar-refractivity contribution in [3.63, 3.8) is 0 Å². The quantitative estimate of drug-likeness (QED) is 0.191. The number of rotatable bonds is 6. The fourth-order valence-electron chi connectivity index (χ4n) is 2.51. The number of nitrogens with two attached hydrogens (primary N) is 1. The van der Waals surface area contributed by atoms with Gasteiger partial charge in [0.2, 0.25) is 0 Å². The summed E-state index contributed by atoms with van der Waals surface area (Å²) in [7, 11) is 1.49. The third-order valence-corrected chi connectivity index (χ3v) is 5.88. The van der Waals surface area contributed by atoms with Crippen molar-refractivity contribution >= 4 is 63.1 Å². The Morgan fingerprint density at radius 2 is 2.00 bits per heavy atom. The maximum atomic E-state index is 14.4. The van der Waals surface area contributed by atoms with Gasteiger partial charge in [0.1, 0.15) is 22.3 Å². The van der Waals surface area contributed by atoms with Crippen LogP contribution in [0.2, 0.25) is 0 Å². The van der Waals surface area contributed by atoms with Crippen LogP contribution in [0, 0.1) is 5.82 Å². The number of thiophene rings is 1. The number of nitrogens with one attached hydrogen (secondary N) is 2. The number of aliphatic imine (C=N–C) groups is 1. The van der Waals surface area contributed by atoms with Crippen molar-refractivity contribution < 1.29 is 14.0 Å². The van der Waals surface area contributed by atoms with Crippen LogP contribution in [-0.4, -0.2) is 29.7 Å². The first-order chi connectivity index (χ1) is 14.4. The first-order valence-corrected chi connectivity index (χ1v) is 11.1. The Morgan fingerprint density at radius 3 is 2.63 bits per heavy atom. The van der Waals surface area contributed by atoms with Crippen molar-refractivity contribution in [1.29, 1.82) is 0 Å². The van der Waals surface area contributed by atoms with Gasteiger partial charge in [0, 0.05) is 23.2 Å². The zero-order valence-corrected chi connectivity index (χ0v) is 18.8. The van der Waals surface area contributed by atoms with E-state index < -0.39 is 17.6 Å². The van der Waals surface area contributed by atoms with E-state index >= 15 is 0 Å². The highest BCUT2D eigenvalue weighted by atomic mass is 127. The maximum absolute atomic E-state index is 14.4. The summed E-state index contributed by atoms with van der Waals surface area (Å²) in [5.74, 6) is -1.27. The molecule has 1 aromatic carbocycles. The van der Waals surface area contributed by atoms with Crippen molar-refractivity contribution in [3.8, 4) is 0 Å². The largest absolute Gasteiger partial charge is 0.384 e. The van der Waals surface area contributed by atoms with Gasteiger partial charge in [-0.1, -0.05) is 34.7 Å². The van der Waals surface area contributed by atoms with Gasteiger partial charge in [-0.25, -0.2) is 9.37 Å². The van der Waals surface area contributed by atoms with Crippen LogP contribution in [0.3, 0.4) is 0 Å². The molecule has 3 rings (SSSR count). The molecule has 0 bridgehead atoms. The summed E-state index contributed by atoms with van der Waals surface area (Å²) in [6.07, 6.45) is 1.68. The number of carbonyl (C=O) groups is 2. The van der Waals surface area contributed by atoms with Crippen molar-refractivity contribution in [2.24, 2.45) is 10.7 Å². The minimum absolute atomic E-state index is 0.165. The Morgan fingerprint density at radius 1 is 1.20 bits per heavy atom. The van der Waals surface area contributed by atoms with Crippen LogP contribution in [0.25, 0.3) is 0 Å². The van der Waals surface area contributed by atoms with Crippen LogP contribution in [0.4, 0.5) is 15.9 Å². The fraction of sp³-hybridized carbons (Fsp3) is 0.100. The molecule has 0 saturated heterocycles. The van der Waals surface area contributed by atoms with E-state index in [0.717, 1.165) is 27.4 Å². The predicted molar refractivity (Wildman–Crippen MR) is 125 cm³/mol. The number of aromatic nitrogens is 1. The number of pyridine rings is 1. The molecule has 4 N–H and O–H groups in total. The number of hydrogen-bond acceptors (Lipinski definition) is 5. The van der Waals surface area contributed by atoms with Crippen LogP contribution in [-0.2, 0) is 4.43 Å². The van der Waals surface area contributed by atoms with Crippen molar-refractivity contribution in [2.45, 2.75) is 4.43 Å². The number of carbonyl (C=O) groups excluding carboxylic acids is 2. The van der Waals surface area contributed by atoms with E-state index in [-0.39, 0.29) is 22.0 Å². The lowest BCUT2D eigenvalue weighted by Crippen LogP contribution is -2.19. The lowest BCUT2D eigenvalue weighted by atomic mass is 10.1. The average molecular weight is 537 g/mol. The molecule has 10 heteroatoms. The number of hydrogen-bond donors (Lipinski definition) is 3. The summed E-state index contributed by atoms with van der Waals surface area (Å²) < 4.78 is 15.2. The maximum Gasteiger partial charge on any atom is 0.269 e. The smallest absolute Gasteiger partial charge is 0.269 e. The van der Waals surface area contributed by atoms with Crippen LogP contribution < -0.4 is 16.4 Å². The molecule has 0 saturated carbocycles. The third-order valence-electron chi connectivity index (χ3n) is 4.09. The van der Waals surface area contributed by atoms with Gasteiger partial charge < -0.3 is 16.4 Å². The molecule has 0 radical (unpaired) electrons. The number of nitrogens with zero attached hydrogens (tertiary/aromatic N) is 2. The number of benzene rings is 1. The molecule has 0 aliphatic rings. The standard InChI is InChI=1S/C20H17FIN5O2S/c1-24-18(23)12-3-4-13(14(21)8-12)19(28)26-15-6-7-30-17(15)20(29)27-16-5-2-11(9-22)10-25-16/h2-8,10H,9H2,1H3,(H2,23,24)(H,26,28)(H,25,27,29). The number of halogens is 2. The van der Waals surface area contributed by atoms with E-state index in [1.54, 1.807) is 23.7 Å². The summed E-state index contributed by atoms with van der Waals surface area (Å²) in [5.41, 5.74) is 7.20. The van der Waals surface area contributed by atoms with E-state index in [1.807, 2.05) is 6.07 Å². The molecule has 30 heavy (non-hydrogen) atoms. The molecule has 0 spiro atoms. The Labute approximate surface area is 189 Å². The highest BCUT2D eigenvalue weighted by molar-refractivity contribution is 14.1. The van der Waals surface area contributed by atoms with E-state index in [0.29, 0.717) is 11.4 Å². The molecule has 154 valence electrons. The minimum Gasteiger partial charge on any atom is -0.384 e. The number of anilines is 2. The number of alkyl halides is 1. The molecule has 0 atom stereocenters. The van der Waals surface area contributed by atoms with Gasteiger partial charge in [0.15, 0.2) is 0 Å². The van der Waals surface area contributed by atoms with Gasteiger partial charge in [0.25, 0.3) is 11.8 Å². The molecule has 2 heterocycles. The summed E-state index contributed by atoms with van der Waals surface area (Å²) in [6.45, 7) is 0. The first-order valence-electron chi connectivity index (χ1n) is 8.66. The highest BCUT2D eigenvalue weighted by Crippen LogP contribution is 2.25. The van der Waals surface area contributed by atoms with Gasteiger partial charge in [-0.3, -0.25) is 14.6 Å². The van der Waals surface area contributed by atoms with Crippen molar-refractivity contribution in [3.05, 3.63) is 75.4 Å². The summed E-state index contributed by atoms with van der Waals surface area (Å²) in [4.78, 5) is 33.4. The predicted octanol–water partition coefficient (Wildman–Crippen LogP) is 4.06. The lowest BCUT2D eigenvalue weighted by Gasteiger charge is -2.09. The van der Waals surface area contributed by atoms with Crippen LogP contribution in [0.15, 0.2) is 53.0 Å². The Balaban J connectivity index is 1.75. The second kappa shape index (κ2) is 9.76. The number of amides is 2. The minimum atomic E-state index is -0.739. The fourth-order valence-corrected chi connectivity index (χ4v) is 3.71. The normalized spacial score (nSPS) is 11.2.